The smallest absolute Gasteiger partial charge is 0.421 e. The van der Waals surface area contributed by atoms with Crippen LogP contribution < -0.4 is 4.72 Å². The molecule has 3 N–H and O–H groups in total. The van der Waals surface area contributed by atoms with Gasteiger partial charge in [0.2, 0.25) is 0 Å². The number of fused-ring (bicyclic) bond motifs is 5. The minimum atomic E-state index is -3.81. The Hall–Kier alpha value is -0.900. The van der Waals surface area contributed by atoms with Crippen molar-refractivity contribution in [2.45, 2.75) is 117 Å². The van der Waals surface area contributed by atoms with E-state index in [1.165, 1.54) is 30.0 Å². The number of amides is 1. The van der Waals surface area contributed by atoms with Gasteiger partial charge >= 0.3 is 16.3 Å². The van der Waals surface area contributed by atoms with Crippen LogP contribution in [-0.4, -0.2) is 60.9 Å². The number of rotatable bonds is 8. The number of aliphatic hydroxyl groups excluding tert-OH is 2. The minimum Gasteiger partial charge on any atom is -0.449 e. The number of hydrogen-bond acceptors (Lipinski definition) is 6. The van der Waals surface area contributed by atoms with E-state index in [9.17, 15) is 23.4 Å². The molecule has 1 amide bonds. The second-order valence-electron chi connectivity index (χ2n) is 14.6. The fourth-order valence-corrected chi connectivity index (χ4v) is 12.0. The molecule has 5 rings (SSSR count). The normalized spacial score (nSPS) is 44.4. The molecular formula is C31H54N2O6S. The molecule has 230 valence electrons. The van der Waals surface area contributed by atoms with Gasteiger partial charge in [-0.05, 0) is 123 Å². The van der Waals surface area contributed by atoms with Crippen molar-refractivity contribution in [2.24, 2.45) is 52.3 Å². The third-order valence-corrected chi connectivity index (χ3v) is 14.3. The largest absolute Gasteiger partial charge is 0.449 e. The lowest BCUT2D eigenvalue weighted by molar-refractivity contribution is -0.203. The molecular weight excluding hydrogens is 528 g/mol. The summed E-state index contributed by atoms with van der Waals surface area (Å²) in [5.74, 6) is 3.17. The summed E-state index contributed by atoms with van der Waals surface area (Å²) < 4.78 is 33.2. The van der Waals surface area contributed by atoms with Gasteiger partial charge in [-0.15, -0.1) is 0 Å². The highest BCUT2D eigenvalue weighted by atomic mass is 32.2. The molecule has 0 aromatic carbocycles. The highest BCUT2D eigenvalue weighted by Gasteiger charge is 2.64. The summed E-state index contributed by atoms with van der Waals surface area (Å²) in [5.41, 5.74) is 0.425. The molecule has 40 heavy (non-hydrogen) atoms. The molecule has 1 saturated heterocycles. The maximum Gasteiger partial charge on any atom is 0.421 e. The van der Waals surface area contributed by atoms with Crippen molar-refractivity contribution in [3.8, 4) is 0 Å². The third-order valence-electron chi connectivity index (χ3n) is 12.8. The van der Waals surface area contributed by atoms with Crippen LogP contribution in [0.3, 0.4) is 0 Å². The summed E-state index contributed by atoms with van der Waals surface area (Å²) in [7, 11) is -3.81. The van der Waals surface area contributed by atoms with Gasteiger partial charge in [-0.3, -0.25) is 0 Å². The van der Waals surface area contributed by atoms with Crippen LogP contribution in [0.25, 0.3) is 0 Å². The Bertz CT molecular complexity index is 1020. The van der Waals surface area contributed by atoms with Crippen molar-refractivity contribution in [3.05, 3.63) is 0 Å². The molecule has 1 aliphatic heterocycles. The van der Waals surface area contributed by atoms with Crippen LogP contribution in [0.5, 0.6) is 0 Å². The molecule has 8 nitrogen and oxygen atoms in total. The van der Waals surface area contributed by atoms with E-state index < -0.39 is 16.3 Å². The van der Waals surface area contributed by atoms with Crippen LogP contribution in [0, 0.1) is 52.3 Å². The van der Waals surface area contributed by atoms with Gasteiger partial charge in [0.05, 0.1) is 18.8 Å². The molecule has 0 bridgehead atoms. The molecule has 1 unspecified atom stereocenters. The predicted octanol–water partition coefficient (Wildman–Crippen LogP) is 5.10. The molecule has 9 heteroatoms. The molecule has 1 heterocycles. The van der Waals surface area contributed by atoms with Gasteiger partial charge < -0.3 is 14.9 Å². The molecule has 0 aromatic rings. The summed E-state index contributed by atoms with van der Waals surface area (Å²) in [6.45, 7) is 10.6. The van der Waals surface area contributed by atoms with Gasteiger partial charge in [0.25, 0.3) is 0 Å². The second kappa shape index (κ2) is 11.6. The van der Waals surface area contributed by atoms with Crippen LogP contribution in [-0.2, 0) is 14.9 Å². The van der Waals surface area contributed by atoms with Crippen molar-refractivity contribution in [2.75, 3.05) is 19.7 Å². The summed E-state index contributed by atoms with van der Waals surface area (Å²) in [6.07, 6.45) is 10.5. The lowest BCUT2D eigenvalue weighted by atomic mass is 9.41. The molecule has 0 aromatic heterocycles. The zero-order chi connectivity index (χ0) is 28.9. The topological polar surface area (TPSA) is 116 Å². The highest BCUT2D eigenvalue weighted by Crippen LogP contribution is 2.69. The van der Waals surface area contributed by atoms with Crippen LogP contribution >= 0.6 is 0 Å². The first kappa shape index (κ1) is 30.6. The lowest BCUT2D eigenvalue weighted by Gasteiger charge is -2.64. The first-order valence-corrected chi connectivity index (χ1v) is 17.7. The molecule has 0 spiro atoms. The van der Waals surface area contributed by atoms with E-state index in [2.05, 4.69) is 27.7 Å². The number of carbonyl (C=O) groups is 1. The van der Waals surface area contributed by atoms with Gasteiger partial charge in [0.1, 0.15) is 0 Å². The number of hydrogen-bond donors (Lipinski definition) is 3. The second-order valence-corrected chi connectivity index (χ2v) is 16.3. The average molecular weight is 583 g/mol. The van der Waals surface area contributed by atoms with E-state index in [0.717, 1.165) is 44.9 Å². The fourth-order valence-electron chi connectivity index (χ4n) is 10.8. The first-order chi connectivity index (χ1) is 18.9. The first-order valence-electron chi connectivity index (χ1n) is 16.2. The number of ether oxygens (including phenoxy) is 1. The van der Waals surface area contributed by atoms with Gasteiger partial charge in [0, 0.05) is 13.1 Å². The average Bonchev–Trinajstić information content (AvgIpc) is 3.56. The Morgan fingerprint density at radius 2 is 1.70 bits per heavy atom. The van der Waals surface area contributed by atoms with E-state index in [0.29, 0.717) is 55.0 Å². The van der Waals surface area contributed by atoms with E-state index in [-0.39, 0.29) is 35.6 Å². The van der Waals surface area contributed by atoms with Gasteiger partial charge in [-0.1, -0.05) is 34.1 Å². The predicted molar refractivity (Wildman–Crippen MR) is 154 cm³/mol. The fraction of sp³-hybridized carbons (Fsp3) is 0.968. The van der Waals surface area contributed by atoms with Crippen LogP contribution in [0.2, 0.25) is 0 Å². The molecule has 5 fully saturated rings. The van der Waals surface area contributed by atoms with Crippen molar-refractivity contribution in [1.82, 2.24) is 9.03 Å². The number of carbonyl (C=O) groups excluding carboxylic acids is 1. The molecule has 4 saturated carbocycles. The van der Waals surface area contributed by atoms with E-state index in [1.807, 2.05) is 4.72 Å². The Labute approximate surface area is 242 Å². The molecule has 11 atom stereocenters. The van der Waals surface area contributed by atoms with Crippen LogP contribution in [0.15, 0.2) is 0 Å². The maximum atomic E-state index is 12.3. The number of nitrogens with zero attached hydrogens (tertiary/aromatic N) is 1. The maximum absolute atomic E-state index is 12.3. The number of nitrogens with one attached hydrogen (secondary N) is 1. The Kier molecular flexibility index (Phi) is 8.90. The van der Waals surface area contributed by atoms with Crippen molar-refractivity contribution < 1.29 is 28.2 Å². The molecule has 5 aliphatic rings. The summed E-state index contributed by atoms with van der Waals surface area (Å²) in [5, 5.41) is 22.4. The van der Waals surface area contributed by atoms with E-state index >= 15 is 0 Å². The standard InChI is InChI=1S/C31H54N2O6S/c1-5-22-26-19-21(34)12-14-31(26,4)25-13-15-30(3)23(10-11-24(30)27(25)28(22)35)20(2)9-8-18-39-29(36)32-40(37,38)33-16-6-7-17-33/h20-28,34-35H,5-19H2,1-4H3,(H,32,36)/t20-,21-,22-,23-,24+,25+,26?,27+,28-,30-,31-/m1/s1. The highest BCUT2D eigenvalue weighted by molar-refractivity contribution is 7.87. The summed E-state index contributed by atoms with van der Waals surface area (Å²) in [4.78, 5) is 12.1. The van der Waals surface area contributed by atoms with Crippen LogP contribution in [0.1, 0.15) is 105 Å². The number of aliphatic hydroxyl groups is 2. The van der Waals surface area contributed by atoms with Gasteiger partial charge in [0.15, 0.2) is 0 Å². The minimum absolute atomic E-state index is 0.208. The zero-order valence-corrected chi connectivity index (χ0v) is 26.0. The monoisotopic (exact) mass is 582 g/mol. The molecule has 0 radical (unpaired) electrons. The van der Waals surface area contributed by atoms with Gasteiger partial charge in [-0.2, -0.15) is 12.7 Å². The zero-order valence-electron chi connectivity index (χ0n) is 25.2. The Morgan fingerprint density at radius 1 is 1.02 bits per heavy atom. The van der Waals surface area contributed by atoms with E-state index in [1.54, 1.807) is 0 Å². The lowest BCUT2D eigenvalue weighted by Crippen LogP contribution is -2.62. The summed E-state index contributed by atoms with van der Waals surface area (Å²) >= 11 is 0. The Balaban J connectivity index is 1.18. The SMILES string of the molecule is CC[C@@H]1C2C[C@H](O)CC[C@]2(C)[C@H]2CC[C@]3(C)[C@@H]([C@H](C)CCCOC(=O)NS(=O)(=O)N4CCCC4)CC[C@H]3[C@@H]2[C@@H]1O. The summed E-state index contributed by atoms with van der Waals surface area (Å²) in [6, 6.07) is 0. The van der Waals surface area contributed by atoms with E-state index in [4.69, 9.17) is 4.74 Å². The quantitative estimate of drug-likeness (QED) is 0.343. The third kappa shape index (κ3) is 5.35. The Morgan fingerprint density at radius 3 is 2.40 bits per heavy atom. The van der Waals surface area contributed by atoms with Crippen molar-refractivity contribution in [3.63, 3.8) is 0 Å². The van der Waals surface area contributed by atoms with Crippen LogP contribution in [0.4, 0.5) is 4.79 Å². The van der Waals surface area contributed by atoms with Crippen molar-refractivity contribution >= 4 is 16.3 Å². The van der Waals surface area contributed by atoms with Crippen molar-refractivity contribution in [1.29, 1.82) is 0 Å². The van der Waals surface area contributed by atoms with Gasteiger partial charge in [-0.25, -0.2) is 9.52 Å². The molecule has 4 aliphatic carbocycles.